The molecule has 0 aromatic carbocycles. The Morgan fingerprint density at radius 2 is 1.92 bits per heavy atom. The standard InChI is InChI=1S/C9H17NO2/c1-9(2,8(11)10-12)7-5-3-4-6-7/h7,12H,3-6H2,1-2H3,(H,10,11). The second kappa shape index (κ2) is 3.44. The van der Waals surface area contributed by atoms with E-state index >= 15 is 0 Å². The Balaban J connectivity index is 2.62. The summed E-state index contributed by atoms with van der Waals surface area (Å²) >= 11 is 0. The Morgan fingerprint density at radius 1 is 1.42 bits per heavy atom. The number of carbonyl (C=O) groups excluding carboxylic acids is 1. The highest BCUT2D eigenvalue weighted by molar-refractivity contribution is 5.81. The van der Waals surface area contributed by atoms with E-state index in [4.69, 9.17) is 5.21 Å². The molecule has 1 aliphatic carbocycles. The first-order valence-electron chi connectivity index (χ1n) is 4.53. The van der Waals surface area contributed by atoms with Crippen LogP contribution in [0.15, 0.2) is 0 Å². The van der Waals surface area contributed by atoms with E-state index < -0.39 is 5.41 Å². The predicted molar refractivity (Wildman–Crippen MR) is 45.7 cm³/mol. The number of amides is 1. The van der Waals surface area contributed by atoms with Crippen molar-refractivity contribution in [3.63, 3.8) is 0 Å². The fourth-order valence-corrected chi connectivity index (χ4v) is 1.98. The largest absolute Gasteiger partial charge is 0.289 e. The van der Waals surface area contributed by atoms with Gasteiger partial charge in [-0.15, -0.1) is 0 Å². The molecule has 1 amide bonds. The van der Waals surface area contributed by atoms with Gasteiger partial charge in [-0.3, -0.25) is 10.0 Å². The minimum atomic E-state index is -0.411. The molecule has 0 aromatic heterocycles. The van der Waals surface area contributed by atoms with Gasteiger partial charge in [-0.05, 0) is 18.8 Å². The van der Waals surface area contributed by atoms with Crippen LogP contribution >= 0.6 is 0 Å². The van der Waals surface area contributed by atoms with Crippen molar-refractivity contribution >= 4 is 5.91 Å². The van der Waals surface area contributed by atoms with E-state index in [-0.39, 0.29) is 5.91 Å². The molecule has 1 saturated carbocycles. The van der Waals surface area contributed by atoms with Crippen LogP contribution in [-0.4, -0.2) is 11.1 Å². The van der Waals surface area contributed by atoms with Crippen molar-refractivity contribution in [1.82, 2.24) is 5.48 Å². The summed E-state index contributed by atoms with van der Waals surface area (Å²) in [5.41, 5.74) is 1.33. The number of nitrogens with one attached hydrogen (secondary N) is 1. The molecule has 1 rings (SSSR count). The van der Waals surface area contributed by atoms with Crippen LogP contribution in [0.2, 0.25) is 0 Å². The molecule has 0 spiro atoms. The van der Waals surface area contributed by atoms with E-state index in [1.165, 1.54) is 12.8 Å². The minimum Gasteiger partial charge on any atom is -0.289 e. The van der Waals surface area contributed by atoms with E-state index in [1.54, 1.807) is 5.48 Å². The summed E-state index contributed by atoms with van der Waals surface area (Å²) in [5.74, 6) is 0.180. The van der Waals surface area contributed by atoms with Gasteiger partial charge < -0.3 is 0 Å². The van der Waals surface area contributed by atoms with Gasteiger partial charge in [0.15, 0.2) is 0 Å². The molecule has 0 aromatic rings. The maximum Gasteiger partial charge on any atom is 0.249 e. The summed E-state index contributed by atoms with van der Waals surface area (Å²) in [7, 11) is 0. The molecule has 0 atom stereocenters. The van der Waals surface area contributed by atoms with E-state index in [2.05, 4.69) is 0 Å². The maximum atomic E-state index is 11.3. The van der Waals surface area contributed by atoms with Gasteiger partial charge in [-0.25, -0.2) is 5.48 Å². The fourth-order valence-electron chi connectivity index (χ4n) is 1.98. The normalized spacial score (nSPS) is 19.6. The zero-order chi connectivity index (χ0) is 9.19. The lowest BCUT2D eigenvalue weighted by molar-refractivity contribution is -0.140. The monoisotopic (exact) mass is 171 g/mol. The molecular formula is C9H17NO2. The minimum absolute atomic E-state index is 0.255. The summed E-state index contributed by atoms with van der Waals surface area (Å²) in [4.78, 5) is 11.3. The molecule has 1 aliphatic rings. The number of hydroxylamine groups is 1. The topological polar surface area (TPSA) is 49.3 Å². The Morgan fingerprint density at radius 3 is 2.33 bits per heavy atom. The van der Waals surface area contributed by atoms with E-state index in [1.807, 2.05) is 13.8 Å². The van der Waals surface area contributed by atoms with Crippen molar-refractivity contribution in [2.75, 3.05) is 0 Å². The molecular weight excluding hydrogens is 154 g/mol. The summed E-state index contributed by atoms with van der Waals surface area (Å²) in [6, 6.07) is 0. The lowest BCUT2D eigenvalue weighted by Crippen LogP contribution is -2.39. The predicted octanol–water partition coefficient (Wildman–Crippen LogP) is 1.71. The summed E-state index contributed by atoms with van der Waals surface area (Å²) < 4.78 is 0. The van der Waals surface area contributed by atoms with E-state index in [0.717, 1.165) is 12.8 Å². The lowest BCUT2D eigenvalue weighted by atomic mass is 9.77. The highest BCUT2D eigenvalue weighted by atomic mass is 16.5. The number of rotatable bonds is 2. The maximum absolute atomic E-state index is 11.3. The van der Waals surface area contributed by atoms with Crippen molar-refractivity contribution in [2.24, 2.45) is 11.3 Å². The molecule has 12 heavy (non-hydrogen) atoms. The van der Waals surface area contributed by atoms with Crippen LogP contribution in [0.5, 0.6) is 0 Å². The highest BCUT2D eigenvalue weighted by Gasteiger charge is 2.37. The smallest absolute Gasteiger partial charge is 0.249 e. The molecule has 0 bridgehead atoms. The molecule has 70 valence electrons. The summed E-state index contributed by atoms with van der Waals surface area (Å²) in [5, 5.41) is 8.53. The van der Waals surface area contributed by atoms with Gasteiger partial charge in [-0.2, -0.15) is 0 Å². The van der Waals surface area contributed by atoms with Crippen LogP contribution in [0, 0.1) is 11.3 Å². The summed E-state index contributed by atoms with van der Waals surface area (Å²) in [6.07, 6.45) is 4.65. The Bertz CT molecular complexity index is 171. The molecule has 1 fully saturated rings. The quantitative estimate of drug-likeness (QED) is 0.491. The third kappa shape index (κ3) is 1.61. The highest BCUT2D eigenvalue weighted by Crippen LogP contribution is 2.39. The fraction of sp³-hybridized carbons (Fsp3) is 0.889. The molecule has 0 heterocycles. The van der Waals surface area contributed by atoms with Gasteiger partial charge in [0.05, 0.1) is 0 Å². The van der Waals surface area contributed by atoms with Crippen LogP contribution in [0.4, 0.5) is 0 Å². The third-order valence-electron chi connectivity index (χ3n) is 3.06. The first-order valence-corrected chi connectivity index (χ1v) is 4.53. The van der Waals surface area contributed by atoms with Gasteiger partial charge in [0.25, 0.3) is 0 Å². The second-order valence-corrected chi connectivity index (χ2v) is 4.14. The van der Waals surface area contributed by atoms with Crippen LogP contribution in [0.25, 0.3) is 0 Å². The molecule has 3 nitrogen and oxygen atoms in total. The van der Waals surface area contributed by atoms with Gasteiger partial charge in [-0.1, -0.05) is 26.7 Å². The van der Waals surface area contributed by atoms with Crippen molar-refractivity contribution in [3.05, 3.63) is 0 Å². The molecule has 0 aliphatic heterocycles. The zero-order valence-corrected chi connectivity index (χ0v) is 7.76. The van der Waals surface area contributed by atoms with Crippen LogP contribution in [-0.2, 0) is 4.79 Å². The van der Waals surface area contributed by atoms with Crippen molar-refractivity contribution in [3.8, 4) is 0 Å². The molecule has 0 unspecified atom stereocenters. The molecule has 2 N–H and O–H groups in total. The lowest BCUT2D eigenvalue weighted by Gasteiger charge is -2.28. The first kappa shape index (κ1) is 9.52. The van der Waals surface area contributed by atoms with Gasteiger partial charge in [0.2, 0.25) is 5.91 Å². The van der Waals surface area contributed by atoms with Crippen molar-refractivity contribution in [1.29, 1.82) is 0 Å². The van der Waals surface area contributed by atoms with Gasteiger partial charge >= 0.3 is 0 Å². The first-order chi connectivity index (χ1) is 5.59. The van der Waals surface area contributed by atoms with Crippen LogP contribution in [0.1, 0.15) is 39.5 Å². The van der Waals surface area contributed by atoms with Crippen molar-refractivity contribution in [2.45, 2.75) is 39.5 Å². The van der Waals surface area contributed by atoms with Crippen LogP contribution < -0.4 is 5.48 Å². The Kier molecular flexibility index (Phi) is 2.73. The molecule has 0 saturated heterocycles. The van der Waals surface area contributed by atoms with E-state index in [0.29, 0.717) is 5.92 Å². The van der Waals surface area contributed by atoms with E-state index in [9.17, 15) is 4.79 Å². The van der Waals surface area contributed by atoms with Crippen molar-refractivity contribution < 1.29 is 10.0 Å². The Hall–Kier alpha value is -0.570. The average Bonchev–Trinajstić information content (AvgIpc) is 2.55. The van der Waals surface area contributed by atoms with Crippen LogP contribution in [0.3, 0.4) is 0 Å². The third-order valence-corrected chi connectivity index (χ3v) is 3.06. The number of carbonyl (C=O) groups is 1. The number of hydrogen-bond donors (Lipinski definition) is 2. The second-order valence-electron chi connectivity index (χ2n) is 4.14. The Labute approximate surface area is 73.1 Å². The summed E-state index contributed by atoms with van der Waals surface area (Å²) in [6.45, 7) is 3.79. The number of hydrogen-bond acceptors (Lipinski definition) is 2. The SMILES string of the molecule is CC(C)(C(=O)NO)C1CCCC1. The molecule has 0 radical (unpaired) electrons. The zero-order valence-electron chi connectivity index (χ0n) is 7.76. The van der Waals surface area contributed by atoms with Gasteiger partial charge in [0, 0.05) is 5.41 Å². The molecule has 3 heteroatoms. The average molecular weight is 171 g/mol. The van der Waals surface area contributed by atoms with Gasteiger partial charge in [0.1, 0.15) is 0 Å².